The molecule has 0 fully saturated rings. The topological polar surface area (TPSA) is 18.5 Å². The summed E-state index contributed by atoms with van der Waals surface area (Å²) in [5.41, 5.74) is 5.68. The normalized spacial score (nSPS) is 21.3. The van der Waals surface area contributed by atoms with Gasteiger partial charge in [-0.05, 0) is 51.6 Å². The Kier molecular flexibility index (Phi) is 3.39. The van der Waals surface area contributed by atoms with E-state index in [4.69, 9.17) is 17.3 Å². The van der Waals surface area contributed by atoms with Crippen LogP contribution >= 0.6 is 0 Å². The minimum atomic E-state index is -0.826. The van der Waals surface area contributed by atoms with Gasteiger partial charge in [0, 0.05) is 27.6 Å². The van der Waals surface area contributed by atoms with Gasteiger partial charge in [-0.15, -0.1) is 0 Å². The Bertz CT molecular complexity index is 1190. The van der Waals surface area contributed by atoms with Crippen LogP contribution in [0.3, 0.4) is 0 Å². The Hall–Kier alpha value is -2.68. The second-order valence-electron chi connectivity index (χ2n) is 8.77. The minimum absolute atomic E-state index is 0.492. The van der Waals surface area contributed by atoms with Gasteiger partial charge in [0.1, 0.15) is 24.9 Å². The second kappa shape index (κ2) is 5.44. The molecule has 0 amide bonds. The van der Waals surface area contributed by atoms with E-state index in [1.54, 1.807) is 0 Å². The van der Waals surface area contributed by atoms with Crippen LogP contribution in [0.2, 0.25) is 0 Å². The number of aryl methyl sites for hydroxylation is 2. The van der Waals surface area contributed by atoms with Crippen molar-refractivity contribution in [3.63, 3.8) is 0 Å². The van der Waals surface area contributed by atoms with Crippen molar-refractivity contribution in [1.82, 2.24) is 0 Å². The third-order valence-electron chi connectivity index (χ3n) is 5.73. The Morgan fingerprint density at radius 3 is 2.36 bits per heavy atom. The van der Waals surface area contributed by atoms with Crippen LogP contribution in [0, 0.1) is 13.8 Å². The summed E-state index contributed by atoms with van der Waals surface area (Å²) >= 11 is 0. The van der Waals surface area contributed by atoms with Gasteiger partial charge in [-0.2, -0.15) is 0 Å². The first kappa shape index (κ1) is 17.4. The molecule has 138 valence electrons. The van der Waals surface area contributed by atoms with Crippen LogP contribution in [0.4, 0.5) is 0 Å². The molecule has 2 nitrogen and oxygen atoms in total. The van der Waals surface area contributed by atoms with Crippen molar-refractivity contribution in [2.24, 2.45) is 0 Å². The Balaban J connectivity index is 2.00. The van der Waals surface area contributed by atoms with E-state index in [0.29, 0.717) is 0 Å². The third-order valence-corrected chi connectivity index (χ3v) is 5.73. The lowest BCUT2D eigenvalue weighted by Crippen LogP contribution is -2.35. The summed E-state index contributed by atoms with van der Waals surface area (Å²) in [4.78, 5) is 0. The van der Waals surface area contributed by atoms with E-state index in [1.165, 1.54) is 22.1 Å². The maximum absolute atomic E-state index is 6.50. The summed E-state index contributed by atoms with van der Waals surface area (Å²) < 4.78 is 12.8. The number of hydrogen-bond acceptors (Lipinski definition) is 2. The lowest BCUT2D eigenvalue weighted by Gasteiger charge is -2.40. The molecule has 5 rings (SSSR count). The molecule has 1 unspecified atom stereocenters. The molecule has 0 bridgehead atoms. The standard InChI is InChI=1S/C25H23BO2/c1-14-6-8-16-19(12-14)21-17-9-7-15(2)13-20(17)27-24(3,4)22(21)18-10-11-25(5,26)28-23(16)18/h6-13H,1-5H3. The summed E-state index contributed by atoms with van der Waals surface area (Å²) in [6.07, 6.45) is 4.03. The van der Waals surface area contributed by atoms with Crippen molar-refractivity contribution in [1.29, 1.82) is 0 Å². The summed E-state index contributed by atoms with van der Waals surface area (Å²) in [6, 6.07) is 13.0. The highest BCUT2D eigenvalue weighted by Crippen LogP contribution is 2.54. The van der Waals surface area contributed by atoms with Crippen molar-refractivity contribution >= 4 is 24.7 Å². The van der Waals surface area contributed by atoms with Gasteiger partial charge in [-0.3, -0.25) is 0 Å². The molecule has 28 heavy (non-hydrogen) atoms. The van der Waals surface area contributed by atoms with Crippen LogP contribution in [0.1, 0.15) is 43.0 Å². The number of benzene rings is 3. The van der Waals surface area contributed by atoms with E-state index >= 15 is 0 Å². The lowest BCUT2D eigenvalue weighted by atomic mass is 9.75. The number of rotatable bonds is 0. The first-order valence-corrected chi connectivity index (χ1v) is 9.74. The lowest BCUT2D eigenvalue weighted by molar-refractivity contribution is 0.105. The molecule has 1 atom stereocenters. The molecule has 0 N–H and O–H groups in total. The SMILES string of the molecule is [B]C1(C)C=Cc2c3c(c4cc(C)ccc4c2O1)-c1ccc(C)cc1OC3(C)C. The maximum Gasteiger partial charge on any atom is 0.137 e. The highest BCUT2D eigenvalue weighted by Gasteiger charge is 2.39. The first-order chi connectivity index (χ1) is 13.2. The van der Waals surface area contributed by atoms with Crippen molar-refractivity contribution in [2.45, 2.75) is 45.7 Å². The molecular formula is C25H23BO2. The summed E-state index contributed by atoms with van der Waals surface area (Å²) in [5.74, 6) is 1.78. The van der Waals surface area contributed by atoms with Gasteiger partial charge < -0.3 is 9.47 Å². The molecule has 2 heterocycles. The van der Waals surface area contributed by atoms with Crippen molar-refractivity contribution < 1.29 is 9.47 Å². The highest BCUT2D eigenvalue weighted by molar-refractivity contribution is 6.17. The summed E-state index contributed by atoms with van der Waals surface area (Å²) in [7, 11) is 6.31. The van der Waals surface area contributed by atoms with Gasteiger partial charge in [-0.25, -0.2) is 0 Å². The average Bonchev–Trinajstić information content (AvgIpc) is 2.59. The molecule has 3 heteroatoms. The number of ether oxygens (including phenoxy) is 2. The van der Waals surface area contributed by atoms with Crippen LogP contribution in [-0.4, -0.2) is 13.3 Å². The fourth-order valence-electron chi connectivity index (χ4n) is 4.51. The zero-order valence-corrected chi connectivity index (χ0v) is 17.0. The van der Waals surface area contributed by atoms with Crippen LogP contribution < -0.4 is 9.47 Å². The Morgan fingerprint density at radius 1 is 0.857 bits per heavy atom. The van der Waals surface area contributed by atoms with Gasteiger partial charge in [-0.1, -0.05) is 48.0 Å². The van der Waals surface area contributed by atoms with Gasteiger partial charge in [0.2, 0.25) is 0 Å². The van der Waals surface area contributed by atoms with Crippen LogP contribution in [0.25, 0.3) is 28.0 Å². The molecule has 2 aliphatic rings. The highest BCUT2D eigenvalue weighted by atomic mass is 16.5. The predicted octanol–water partition coefficient (Wildman–Crippen LogP) is 6.04. The predicted molar refractivity (Wildman–Crippen MR) is 116 cm³/mol. The van der Waals surface area contributed by atoms with E-state index in [9.17, 15) is 0 Å². The maximum atomic E-state index is 6.50. The van der Waals surface area contributed by atoms with E-state index < -0.39 is 11.1 Å². The zero-order valence-electron chi connectivity index (χ0n) is 17.0. The molecule has 0 saturated heterocycles. The van der Waals surface area contributed by atoms with E-state index in [0.717, 1.165) is 33.6 Å². The average molecular weight is 366 g/mol. The molecule has 0 spiro atoms. The van der Waals surface area contributed by atoms with Gasteiger partial charge in [0.25, 0.3) is 0 Å². The van der Waals surface area contributed by atoms with Crippen LogP contribution in [-0.2, 0) is 5.60 Å². The van der Waals surface area contributed by atoms with E-state index in [-0.39, 0.29) is 0 Å². The quantitative estimate of drug-likeness (QED) is 0.452. The third kappa shape index (κ3) is 2.42. The fourth-order valence-corrected chi connectivity index (χ4v) is 4.51. The van der Waals surface area contributed by atoms with E-state index in [2.05, 4.69) is 70.2 Å². The van der Waals surface area contributed by atoms with Crippen molar-refractivity contribution in [3.8, 4) is 22.6 Å². The zero-order chi connectivity index (χ0) is 19.8. The smallest absolute Gasteiger partial charge is 0.137 e. The largest absolute Gasteiger partial charge is 0.492 e. The van der Waals surface area contributed by atoms with Crippen molar-refractivity contribution in [2.75, 3.05) is 0 Å². The molecule has 0 saturated carbocycles. The Morgan fingerprint density at radius 2 is 1.57 bits per heavy atom. The summed E-state index contributed by atoms with van der Waals surface area (Å²) in [5, 5.41) is 2.27. The van der Waals surface area contributed by atoms with Crippen molar-refractivity contribution in [3.05, 3.63) is 64.7 Å². The molecule has 3 aromatic rings. The van der Waals surface area contributed by atoms with Gasteiger partial charge in [0.15, 0.2) is 0 Å². The molecule has 3 aromatic carbocycles. The van der Waals surface area contributed by atoms with Gasteiger partial charge in [0.05, 0.1) is 5.50 Å². The van der Waals surface area contributed by atoms with Crippen LogP contribution in [0.5, 0.6) is 11.5 Å². The molecule has 0 aromatic heterocycles. The Labute approximate surface area is 167 Å². The monoisotopic (exact) mass is 366 g/mol. The fraction of sp³-hybridized carbons (Fsp3) is 0.280. The van der Waals surface area contributed by atoms with E-state index in [1.807, 2.05) is 13.0 Å². The summed E-state index contributed by atoms with van der Waals surface area (Å²) in [6.45, 7) is 10.4. The molecule has 0 aliphatic carbocycles. The molecule has 2 radical (unpaired) electrons. The number of fused-ring (bicyclic) bond motifs is 8. The minimum Gasteiger partial charge on any atom is -0.492 e. The molecule has 2 aliphatic heterocycles. The molecular weight excluding hydrogens is 343 g/mol. The van der Waals surface area contributed by atoms with Gasteiger partial charge >= 0.3 is 0 Å². The first-order valence-electron chi connectivity index (χ1n) is 9.74. The number of hydrogen-bond donors (Lipinski definition) is 0. The second-order valence-corrected chi connectivity index (χ2v) is 8.77. The van der Waals surface area contributed by atoms with Crippen LogP contribution in [0.15, 0.2) is 42.5 Å².